The molecule has 1 spiro atoms. The number of halogens is 2. The van der Waals surface area contributed by atoms with Crippen LogP contribution < -0.4 is 10.2 Å². The molecule has 2 aliphatic rings. The average molecular weight is 497 g/mol. The number of hydrogen-bond donors (Lipinski definition) is 1. The van der Waals surface area contributed by atoms with E-state index in [0.717, 1.165) is 49.4 Å². The van der Waals surface area contributed by atoms with E-state index < -0.39 is 5.60 Å². The quantitative estimate of drug-likeness (QED) is 0.417. The maximum atomic E-state index is 14.0. The van der Waals surface area contributed by atoms with Gasteiger partial charge < -0.3 is 14.5 Å². The Kier molecular flexibility index (Phi) is 6.10. The number of ether oxygens (including phenoxy) is 1. The normalized spacial score (nSPS) is 21.8. The number of rotatable bonds is 5. The molecule has 3 aromatic heterocycles. The van der Waals surface area contributed by atoms with Gasteiger partial charge in [0.25, 0.3) is 0 Å². The molecule has 182 valence electrons. The summed E-state index contributed by atoms with van der Waals surface area (Å²) in [7, 11) is 0. The number of imidazole rings is 1. The van der Waals surface area contributed by atoms with Crippen molar-refractivity contribution >= 4 is 35.7 Å². The summed E-state index contributed by atoms with van der Waals surface area (Å²) in [5.74, 6) is 0.870. The molecule has 8 nitrogen and oxygen atoms in total. The minimum atomic E-state index is -0.429. The molecule has 2 fully saturated rings. The van der Waals surface area contributed by atoms with E-state index in [4.69, 9.17) is 4.74 Å². The summed E-state index contributed by atoms with van der Waals surface area (Å²) in [5, 5.41) is 7.83. The van der Waals surface area contributed by atoms with Crippen LogP contribution in [0, 0.1) is 11.7 Å². The van der Waals surface area contributed by atoms with Crippen LogP contribution in [0.25, 0.3) is 11.3 Å². The number of amides is 1. The van der Waals surface area contributed by atoms with E-state index in [9.17, 15) is 9.18 Å². The first-order chi connectivity index (χ1) is 16.6. The lowest BCUT2D eigenvalue weighted by Crippen LogP contribution is -2.39. The van der Waals surface area contributed by atoms with Crippen molar-refractivity contribution in [1.82, 2.24) is 19.2 Å². The van der Waals surface area contributed by atoms with Gasteiger partial charge in [0.2, 0.25) is 0 Å². The second kappa shape index (κ2) is 9.22. The zero-order chi connectivity index (χ0) is 23.1. The summed E-state index contributed by atoms with van der Waals surface area (Å²) in [6.07, 6.45) is 10.6. The summed E-state index contributed by atoms with van der Waals surface area (Å²) in [6, 6.07) is 12.3. The molecular formula is C25H26ClFN6O2. The molecule has 1 saturated carbocycles. The molecule has 1 aliphatic heterocycles. The molecule has 4 heterocycles. The largest absolute Gasteiger partial charge is 0.441 e. The van der Waals surface area contributed by atoms with Crippen molar-refractivity contribution in [3.05, 3.63) is 73.1 Å². The fourth-order valence-corrected chi connectivity index (χ4v) is 5.00. The summed E-state index contributed by atoms with van der Waals surface area (Å²) in [6.45, 7) is 1.34. The molecule has 1 aromatic carbocycles. The van der Waals surface area contributed by atoms with Gasteiger partial charge in [0.1, 0.15) is 28.6 Å². The van der Waals surface area contributed by atoms with Crippen LogP contribution in [0.4, 0.5) is 20.7 Å². The summed E-state index contributed by atoms with van der Waals surface area (Å²) < 4.78 is 23.4. The Bertz CT molecular complexity index is 1350. The lowest BCUT2D eigenvalue weighted by molar-refractivity contribution is 0.0148. The number of pyridine rings is 1. The Balaban J connectivity index is 0.00000253. The van der Waals surface area contributed by atoms with Gasteiger partial charge in [-0.3, -0.25) is 4.90 Å². The third-order valence-electron chi connectivity index (χ3n) is 6.94. The van der Waals surface area contributed by atoms with Crippen LogP contribution >= 0.6 is 12.4 Å². The number of hydrogen-bond acceptors (Lipinski definition) is 5. The summed E-state index contributed by atoms with van der Waals surface area (Å²) >= 11 is 0. The molecule has 0 unspecified atom stereocenters. The summed E-state index contributed by atoms with van der Waals surface area (Å²) in [5.41, 5.74) is 1.62. The Hall–Kier alpha value is -3.59. The molecule has 1 saturated heterocycles. The third-order valence-corrected chi connectivity index (χ3v) is 6.94. The number of carbonyl (C=O) groups excluding carboxylic acids is 1. The van der Waals surface area contributed by atoms with Crippen LogP contribution in [0.5, 0.6) is 0 Å². The highest BCUT2D eigenvalue weighted by Crippen LogP contribution is 2.41. The van der Waals surface area contributed by atoms with E-state index in [-0.39, 0.29) is 24.3 Å². The molecule has 1 N–H and O–H groups in total. The highest BCUT2D eigenvalue weighted by Gasteiger charge is 2.47. The van der Waals surface area contributed by atoms with Gasteiger partial charge in [0, 0.05) is 43.5 Å². The van der Waals surface area contributed by atoms with Crippen molar-refractivity contribution in [1.29, 1.82) is 0 Å². The minimum absolute atomic E-state index is 0. The van der Waals surface area contributed by atoms with E-state index in [1.807, 2.05) is 35.0 Å². The van der Waals surface area contributed by atoms with E-state index >= 15 is 0 Å². The van der Waals surface area contributed by atoms with E-state index in [2.05, 4.69) is 15.4 Å². The maximum Gasteiger partial charge on any atom is 0.415 e. The van der Waals surface area contributed by atoms with Crippen molar-refractivity contribution in [2.24, 2.45) is 5.92 Å². The van der Waals surface area contributed by atoms with Crippen molar-refractivity contribution in [2.45, 2.75) is 31.3 Å². The first kappa shape index (κ1) is 23.2. The van der Waals surface area contributed by atoms with Crippen LogP contribution in [0.1, 0.15) is 25.7 Å². The molecule has 35 heavy (non-hydrogen) atoms. The maximum absolute atomic E-state index is 14.0. The number of fused-ring (bicyclic) bond motifs is 1. The van der Waals surface area contributed by atoms with Gasteiger partial charge in [-0.05, 0) is 49.8 Å². The van der Waals surface area contributed by atoms with Gasteiger partial charge in [0.15, 0.2) is 0 Å². The highest BCUT2D eigenvalue weighted by molar-refractivity contribution is 5.90. The van der Waals surface area contributed by atoms with Crippen molar-refractivity contribution < 1.29 is 13.9 Å². The zero-order valence-corrected chi connectivity index (χ0v) is 19.8. The molecule has 0 bridgehead atoms. The minimum Gasteiger partial charge on any atom is -0.441 e. The SMILES string of the molecule is Cl.O=C1OC2(CCC(CNc3ccn(-c4ccccc4F)n3)CC2)CN1c1ccn2ccnc2c1. The fourth-order valence-electron chi connectivity index (χ4n) is 5.00. The third kappa shape index (κ3) is 4.43. The van der Waals surface area contributed by atoms with Crippen LogP contribution in [0.2, 0.25) is 0 Å². The molecule has 6 rings (SSSR count). The lowest BCUT2D eigenvalue weighted by Gasteiger charge is -2.35. The van der Waals surface area contributed by atoms with Gasteiger partial charge in [-0.15, -0.1) is 12.4 Å². The van der Waals surface area contributed by atoms with Gasteiger partial charge in [-0.2, -0.15) is 5.10 Å². The van der Waals surface area contributed by atoms with Gasteiger partial charge >= 0.3 is 6.09 Å². The Morgan fingerprint density at radius 2 is 1.94 bits per heavy atom. The number of nitrogens with zero attached hydrogens (tertiary/aromatic N) is 5. The number of benzene rings is 1. The topological polar surface area (TPSA) is 76.7 Å². The lowest BCUT2D eigenvalue weighted by atomic mass is 9.78. The number of para-hydroxylation sites is 1. The molecule has 1 amide bonds. The molecule has 4 aromatic rings. The fraction of sp³-hybridized carbons (Fsp3) is 0.320. The molecular weight excluding hydrogens is 471 g/mol. The van der Waals surface area contributed by atoms with Gasteiger partial charge in [-0.25, -0.2) is 18.9 Å². The first-order valence-corrected chi connectivity index (χ1v) is 11.6. The van der Waals surface area contributed by atoms with E-state index in [0.29, 0.717) is 18.2 Å². The first-order valence-electron chi connectivity index (χ1n) is 11.6. The second-order valence-corrected chi connectivity index (χ2v) is 9.14. The van der Waals surface area contributed by atoms with E-state index in [1.54, 1.807) is 40.2 Å². The second-order valence-electron chi connectivity index (χ2n) is 9.14. The highest BCUT2D eigenvalue weighted by atomic mass is 35.5. The van der Waals surface area contributed by atoms with Crippen molar-refractivity contribution in [3.63, 3.8) is 0 Å². The van der Waals surface area contributed by atoms with Crippen molar-refractivity contribution in [2.75, 3.05) is 23.3 Å². The Labute approximate surface area is 208 Å². The number of aromatic nitrogens is 4. The smallest absolute Gasteiger partial charge is 0.415 e. The molecule has 0 radical (unpaired) electrons. The molecule has 10 heteroatoms. The number of nitrogens with one attached hydrogen (secondary N) is 1. The Morgan fingerprint density at radius 3 is 2.77 bits per heavy atom. The van der Waals surface area contributed by atoms with E-state index in [1.165, 1.54) is 6.07 Å². The van der Waals surface area contributed by atoms with Crippen LogP contribution in [0.3, 0.4) is 0 Å². The van der Waals surface area contributed by atoms with Crippen LogP contribution in [-0.2, 0) is 4.74 Å². The Morgan fingerprint density at radius 1 is 1.11 bits per heavy atom. The van der Waals surface area contributed by atoms with Gasteiger partial charge in [-0.1, -0.05) is 12.1 Å². The monoisotopic (exact) mass is 496 g/mol. The number of carbonyl (C=O) groups is 1. The molecule has 0 atom stereocenters. The van der Waals surface area contributed by atoms with Crippen LogP contribution in [-0.4, -0.2) is 43.9 Å². The predicted octanol–water partition coefficient (Wildman–Crippen LogP) is 5.08. The summed E-state index contributed by atoms with van der Waals surface area (Å²) in [4.78, 5) is 18.7. The van der Waals surface area contributed by atoms with Crippen molar-refractivity contribution in [3.8, 4) is 5.69 Å². The van der Waals surface area contributed by atoms with Gasteiger partial charge in [0.05, 0.1) is 12.2 Å². The predicted molar refractivity (Wildman–Crippen MR) is 133 cm³/mol. The average Bonchev–Trinajstić information content (AvgIpc) is 3.58. The number of anilines is 2. The zero-order valence-electron chi connectivity index (χ0n) is 19.0. The molecule has 1 aliphatic carbocycles. The standard InChI is InChI=1S/C25H25FN6O2.ClH/c26-20-3-1-2-4-21(20)32-13-8-22(29-32)28-16-18-5-9-25(10-6-18)17-31(24(33)34-25)19-7-12-30-14-11-27-23(30)15-19;/h1-4,7-8,11-15,18H,5-6,9-10,16-17H2,(H,28,29);1H. The van der Waals surface area contributed by atoms with Crippen LogP contribution in [0.15, 0.2) is 67.3 Å².